The van der Waals surface area contributed by atoms with Gasteiger partial charge in [0.15, 0.2) is 11.6 Å². The van der Waals surface area contributed by atoms with Crippen LogP contribution in [0.25, 0.3) is 0 Å². The number of carbonyl (C=O) groups is 2. The van der Waals surface area contributed by atoms with Gasteiger partial charge in [-0.2, -0.15) is 0 Å². The molecule has 0 rings (SSSR count). The van der Waals surface area contributed by atoms with Crippen LogP contribution in [0, 0.1) is 0 Å². The molecule has 0 fully saturated rings. The molecule has 0 saturated heterocycles. The van der Waals surface area contributed by atoms with E-state index in [2.05, 4.69) is 0 Å². The largest absolute Gasteiger partial charge is 0.295 e. The van der Waals surface area contributed by atoms with E-state index in [4.69, 9.17) is 0 Å². The van der Waals surface area contributed by atoms with Crippen molar-refractivity contribution in [1.29, 1.82) is 0 Å². The molecule has 0 aliphatic carbocycles. The molecule has 0 aliphatic heterocycles. The molecule has 0 spiro atoms. The van der Waals surface area contributed by atoms with Gasteiger partial charge in [-0.1, -0.05) is 11.1 Å². The van der Waals surface area contributed by atoms with Gasteiger partial charge in [0, 0.05) is 12.8 Å². The van der Waals surface area contributed by atoms with Crippen LogP contribution in [0.5, 0.6) is 0 Å². The summed E-state index contributed by atoms with van der Waals surface area (Å²) in [5.41, 5.74) is 2.07. The maximum Gasteiger partial charge on any atom is 0.155 e. The molecule has 0 radical (unpaired) electrons. The number of unbranched alkanes of at least 4 members (excludes halogenated alkanes) is 1. The molecular weight excluding hydrogens is 200 g/mol. The lowest BCUT2D eigenvalue weighted by Gasteiger charge is -1.97. The molecule has 2 nitrogen and oxygen atoms in total. The summed E-state index contributed by atoms with van der Waals surface area (Å²) < 4.78 is 0. The minimum absolute atomic E-state index is 0.162. The van der Waals surface area contributed by atoms with Gasteiger partial charge >= 0.3 is 0 Å². The highest BCUT2D eigenvalue weighted by Gasteiger charge is 2.00. The molecule has 0 unspecified atom stereocenters. The minimum atomic E-state index is 0.162. The van der Waals surface area contributed by atoms with Gasteiger partial charge in [0.05, 0.1) is 0 Å². The average Bonchev–Trinajstić information content (AvgIpc) is 2.10. The number of rotatable bonds is 7. The van der Waals surface area contributed by atoms with Crippen LogP contribution >= 0.6 is 0 Å². The molecule has 0 aromatic rings. The molecule has 0 amide bonds. The van der Waals surface area contributed by atoms with E-state index < -0.39 is 0 Å². The second-order valence-electron chi connectivity index (χ2n) is 4.58. The number of hydrogen-bond donors (Lipinski definition) is 0. The fraction of sp³-hybridized carbons (Fsp3) is 0.571. The molecule has 0 aromatic carbocycles. The summed E-state index contributed by atoms with van der Waals surface area (Å²) in [6.45, 7) is 7.65. The number of ketones is 2. The molecule has 90 valence electrons. The molecular formula is C14H22O2. The topological polar surface area (TPSA) is 34.1 Å². The van der Waals surface area contributed by atoms with Crippen molar-refractivity contribution in [3.05, 3.63) is 23.3 Å². The molecule has 16 heavy (non-hydrogen) atoms. The van der Waals surface area contributed by atoms with Gasteiger partial charge in [-0.25, -0.2) is 0 Å². The van der Waals surface area contributed by atoms with Gasteiger partial charge in [0.1, 0.15) is 0 Å². The van der Waals surface area contributed by atoms with E-state index in [-0.39, 0.29) is 11.6 Å². The summed E-state index contributed by atoms with van der Waals surface area (Å²) in [7, 11) is 0. The Kier molecular flexibility index (Phi) is 7.44. The zero-order valence-electron chi connectivity index (χ0n) is 10.8. The van der Waals surface area contributed by atoms with E-state index in [0.717, 1.165) is 24.0 Å². The van der Waals surface area contributed by atoms with E-state index in [0.29, 0.717) is 12.8 Å². The summed E-state index contributed by atoms with van der Waals surface area (Å²) in [4.78, 5) is 22.6. The number of hydrogen-bond acceptors (Lipinski definition) is 2. The SMILES string of the molecule is CC(C)=CC(=O)CCCCC(=O)C=C(C)C. The first-order valence-electron chi connectivity index (χ1n) is 5.77. The maximum atomic E-state index is 11.3. The lowest BCUT2D eigenvalue weighted by atomic mass is 10.1. The Morgan fingerprint density at radius 2 is 1.06 bits per heavy atom. The van der Waals surface area contributed by atoms with E-state index >= 15 is 0 Å². The second kappa shape index (κ2) is 8.03. The Hall–Kier alpha value is -1.18. The third kappa shape index (κ3) is 9.38. The quantitative estimate of drug-likeness (QED) is 0.487. The standard InChI is InChI=1S/C14H22O2/c1-11(2)9-13(15)7-5-6-8-14(16)10-12(3)4/h9-10H,5-8H2,1-4H3. The number of carbonyl (C=O) groups excluding carboxylic acids is 2. The molecule has 0 bridgehead atoms. The van der Waals surface area contributed by atoms with Gasteiger partial charge in [0.25, 0.3) is 0 Å². The summed E-state index contributed by atoms with van der Waals surface area (Å²) in [6, 6.07) is 0. The van der Waals surface area contributed by atoms with Crippen molar-refractivity contribution in [1.82, 2.24) is 0 Å². The highest BCUT2D eigenvalue weighted by molar-refractivity contribution is 5.91. The summed E-state index contributed by atoms with van der Waals surface area (Å²) >= 11 is 0. The van der Waals surface area contributed by atoms with Crippen molar-refractivity contribution in [3.8, 4) is 0 Å². The summed E-state index contributed by atoms with van der Waals surface area (Å²) in [5, 5.41) is 0. The lowest BCUT2D eigenvalue weighted by molar-refractivity contribution is -0.116. The maximum absolute atomic E-state index is 11.3. The second-order valence-corrected chi connectivity index (χ2v) is 4.58. The van der Waals surface area contributed by atoms with Crippen molar-refractivity contribution >= 4 is 11.6 Å². The summed E-state index contributed by atoms with van der Waals surface area (Å²) in [5.74, 6) is 0.323. The van der Waals surface area contributed by atoms with Crippen LogP contribution < -0.4 is 0 Å². The van der Waals surface area contributed by atoms with Crippen LogP contribution in [-0.2, 0) is 9.59 Å². The molecule has 0 heterocycles. The van der Waals surface area contributed by atoms with E-state index in [1.165, 1.54) is 0 Å². The van der Waals surface area contributed by atoms with Crippen LogP contribution in [0.1, 0.15) is 53.4 Å². The van der Waals surface area contributed by atoms with Crippen LogP contribution in [-0.4, -0.2) is 11.6 Å². The minimum Gasteiger partial charge on any atom is -0.295 e. The first-order chi connectivity index (χ1) is 7.41. The Balaban J connectivity index is 3.69. The monoisotopic (exact) mass is 222 g/mol. The molecule has 0 aromatic heterocycles. The first-order valence-corrected chi connectivity index (χ1v) is 5.77. The van der Waals surface area contributed by atoms with Crippen LogP contribution in [0.2, 0.25) is 0 Å². The van der Waals surface area contributed by atoms with Gasteiger partial charge < -0.3 is 0 Å². The predicted molar refractivity (Wildman–Crippen MR) is 67.3 cm³/mol. The van der Waals surface area contributed by atoms with E-state index in [1.54, 1.807) is 12.2 Å². The zero-order chi connectivity index (χ0) is 12.6. The van der Waals surface area contributed by atoms with Crippen molar-refractivity contribution in [2.24, 2.45) is 0 Å². The molecule has 0 aliphatic rings. The van der Waals surface area contributed by atoms with Crippen molar-refractivity contribution in [2.75, 3.05) is 0 Å². The van der Waals surface area contributed by atoms with Gasteiger partial charge in [0.2, 0.25) is 0 Å². The normalized spacial score (nSPS) is 9.50. The fourth-order valence-electron chi connectivity index (χ4n) is 1.39. The van der Waals surface area contributed by atoms with E-state index in [9.17, 15) is 9.59 Å². The van der Waals surface area contributed by atoms with Crippen LogP contribution in [0.15, 0.2) is 23.3 Å². The van der Waals surface area contributed by atoms with E-state index in [1.807, 2.05) is 27.7 Å². The Morgan fingerprint density at radius 1 is 0.750 bits per heavy atom. The zero-order valence-corrected chi connectivity index (χ0v) is 10.8. The number of allylic oxidation sites excluding steroid dienone is 4. The van der Waals surface area contributed by atoms with Gasteiger partial charge in [-0.05, 0) is 52.7 Å². The van der Waals surface area contributed by atoms with Crippen molar-refractivity contribution in [2.45, 2.75) is 53.4 Å². The molecule has 2 heteroatoms. The lowest BCUT2D eigenvalue weighted by Crippen LogP contribution is -1.97. The molecule has 0 atom stereocenters. The molecule has 0 saturated carbocycles. The van der Waals surface area contributed by atoms with Crippen molar-refractivity contribution in [3.63, 3.8) is 0 Å². The third-order valence-corrected chi connectivity index (χ3v) is 2.00. The molecule has 0 N–H and O–H groups in total. The first kappa shape index (κ1) is 14.8. The third-order valence-electron chi connectivity index (χ3n) is 2.00. The van der Waals surface area contributed by atoms with Gasteiger partial charge in [-0.3, -0.25) is 9.59 Å². The summed E-state index contributed by atoms with van der Waals surface area (Å²) in [6.07, 6.45) is 6.02. The highest BCUT2D eigenvalue weighted by atomic mass is 16.1. The highest BCUT2D eigenvalue weighted by Crippen LogP contribution is 2.05. The fourth-order valence-corrected chi connectivity index (χ4v) is 1.39. The Morgan fingerprint density at radius 3 is 1.31 bits per heavy atom. The van der Waals surface area contributed by atoms with Crippen LogP contribution in [0.3, 0.4) is 0 Å². The Labute approximate surface area is 98.4 Å². The predicted octanol–water partition coefficient (Wildman–Crippen LogP) is 3.62. The smallest absolute Gasteiger partial charge is 0.155 e. The van der Waals surface area contributed by atoms with Crippen LogP contribution in [0.4, 0.5) is 0 Å². The average molecular weight is 222 g/mol. The van der Waals surface area contributed by atoms with Gasteiger partial charge in [-0.15, -0.1) is 0 Å². The van der Waals surface area contributed by atoms with Crippen molar-refractivity contribution < 1.29 is 9.59 Å². The Bertz CT molecular complexity index is 269.